The van der Waals surface area contributed by atoms with Gasteiger partial charge in [0.1, 0.15) is 6.10 Å². The number of ether oxygens (including phenoxy) is 1. The van der Waals surface area contributed by atoms with Crippen LogP contribution in [0.25, 0.3) is 0 Å². The van der Waals surface area contributed by atoms with Crippen molar-refractivity contribution in [2.24, 2.45) is 0 Å². The van der Waals surface area contributed by atoms with Crippen molar-refractivity contribution in [3.8, 4) is 0 Å². The number of aliphatic hydroxyl groups excluding tert-OH is 1. The minimum absolute atomic E-state index is 0.0312. The van der Waals surface area contributed by atoms with Crippen LogP contribution in [0.1, 0.15) is 5.56 Å². The zero-order valence-corrected chi connectivity index (χ0v) is 10.6. The van der Waals surface area contributed by atoms with E-state index in [2.05, 4.69) is 4.74 Å². The summed E-state index contributed by atoms with van der Waals surface area (Å²) in [6, 6.07) is 6.30. The van der Waals surface area contributed by atoms with E-state index in [4.69, 9.17) is 4.18 Å². The van der Waals surface area contributed by atoms with Crippen molar-refractivity contribution in [1.29, 1.82) is 0 Å². The van der Waals surface area contributed by atoms with Crippen LogP contribution in [0.2, 0.25) is 0 Å². The molecule has 0 amide bonds. The standard InChI is InChI=1S/C11H16O5S/c1-9-3-5-11(6-4-9)17(13,14)16-8-10(12)7-15-2/h3-6,10,12H,7-8H2,1-2H3/t10-/m0/s1. The average Bonchev–Trinajstić information content (AvgIpc) is 2.28. The molecule has 0 aliphatic heterocycles. The van der Waals surface area contributed by atoms with E-state index in [-0.39, 0.29) is 18.1 Å². The molecule has 0 saturated carbocycles. The van der Waals surface area contributed by atoms with E-state index in [0.717, 1.165) is 5.56 Å². The Morgan fingerprint density at radius 2 is 1.82 bits per heavy atom. The monoisotopic (exact) mass is 260 g/mol. The fourth-order valence-electron chi connectivity index (χ4n) is 1.18. The molecule has 0 bridgehead atoms. The van der Waals surface area contributed by atoms with Crippen molar-refractivity contribution in [2.75, 3.05) is 20.3 Å². The second-order valence-corrected chi connectivity index (χ2v) is 5.28. The third-order valence-electron chi connectivity index (χ3n) is 2.08. The van der Waals surface area contributed by atoms with E-state index in [1.54, 1.807) is 12.1 Å². The van der Waals surface area contributed by atoms with E-state index < -0.39 is 16.2 Å². The quantitative estimate of drug-likeness (QED) is 0.762. The summed E-state index contributed by atoms with van der Waals surface area (Å²) in [6.07, 6.45) is -0.958. The molecule has 0 unspecified atom stereocenters. The normalized spacial score (nSPS) is 13.6. The predicted octanol–water partition coefficient (Wildman–Crippen LogP) is 0.708. The number of benzene rings is 1. The second-order valence-electron chi connectivity index (χ2n) is 3.66. The molecule has 0 aliphatic rings. The van der Waals surface area contributed by atoms with E-state index in [1.165, 1.54) is 19.2 Å². The Morgan fingerprint density at radius 3 is 2.35 bits per heavy atom. The highest BCUT2D eigenvalue weighted by atomic mass is 32.2. The third-order valence-corrected chi connectivity index (χ3v) is 3.38. The maximum Gasteiger partial charge on any atom is 0.297 e. The Hall–Kier alpha value is -0.950. The second kappa shape index (κ2) is 6.11. The first-order valence-electron chi connectivity index (χ1n) is 5.09. The van der Waals surface area contributed by atoms with Crippen molar-refractivity contribution in [3.63, 3.8) is 0 Å². The van der Waals surface area contributed by atoms with Gasteiger partial charge in [-0.3, -0.25) is 4.18 Å². The summed E-state index contributed by atoms with van der Waals surface area (Å²) >= 11 is 0. The van der Waals surface area contributed by atoms with Crippen LogP contribution >= 0.6 is 0 Å². The van der Waals surface area contributed by atoms with Crippen LogP contribution in [0, 0.1) is 6.92 Å². The zero-order valence-electron chi connectivity index (χ0n) is 9.79. The van der Waals surface area contributed by atoms with Gasteiger partial charge in [0.25, 0.3) is 10.1 Å². The van der Waals surface area contributed by atoms with Crippen LogP contribution in [0.3, 0.4) is 0 Å². The predicted molar refractivity (Wildman–Crippen MR) is 62.2 cm³/mol. The molecule has 6 heteroatoms. The van der Waals surface area contributed by atoms with Gasteiger partial charge in [-0.25, -0.2) is 0 Å². The van der Waals surface area contributed by atoms with Crippen LogP contribution in [0.4, 0.5) is 0 Å². The van der Waals surface area contributed by atoms with Crippen LogP contribution in [-0.2, 0) is 19.0 Å². The summed E-state index contributed by atoms with van der Waals surface area (Å²) in [6.45, 7) is 1.58. The first-order valence-corrected chi connectivity index (χ1v) is 6.49. The van der Waals surface area contributed by atoms with Crippen LogP contribution in [0.15, 0.2) is 29.2 Å². The van der Waals surface area contributed by atoms with Crippen molar-refractivity contribution in [3.05, 3.63) is 29.8 Å². The third kappa shape index (κ3) is 4.43. The summed E-state index contributed by atoms with van der Waals surface area (Å²) in [5, 5.41) is 9.29. The Kier molecular flexibility index (Phi) is 5.07. The number of aliphatic hydroxyl groups is 1. The van der Waals surface area contributed by atoms with Crippen LogP contribution < -0.4 is 0 Å². The molecule has 5 nitrogen and oxygen atoms in total. The summed E-state index contributed by atoms with van der Waals surface area (Å²) in [5.41, 5.74) is 0.961. The van der Waals surface area contributed by atoms with Gasteiger partial charge in [0, 0.05) is 7.11 Å². The van der Waals surface area contributed by atoms with E-state index in [0.29, 0.717) is 0 Å². The van der Waals surface area contributed by atoms with Crippen molar-refractivity contribution in [2.45, 2.75) is 17.9 Å². The van der Waals surface area contributed by atoms with Gasteiger partial charge in [0.05, 0.1) is 18.1 Å². The highest BCUT2D eigenvalue weighted by Crippen LogP contribution is 2.13. The Bertz CT molecular complexity index is 437. The molecule has 0 spiro atoms. The SMILES string of the molecule is COC[C@H](O)COS(=O)(=O)c1ccc(C)cc1. The Morgan fingerprint density at radius 1 is 1.24 bits per heavy atom. The van der Waals surface area contributed by atoms with Gasteiger partial charge in [-0.15, -0.1) is 0 Å². The molecule has 0 heterocycles. The molecular formula is C11H16O5S. The molecule has 1 N–H and O–H groups in total. The lowest BCUT2D eigenvalue weighted by Gasteiger charge is -2.10. The van der Waals surface area contributed by atoms with Crippen molar-refractivity contribution in [1.82, 2.24) is 0 Å². The van der Waals surface area contributed by atoms with Crippen LogP contribution in [-0.4, -0.2) is 40.0 Å². The molecule has 0 aliphatic carbocycles. The lowest BCUT2D eigenvalue weighted by molar-refractivity contribution is 0.0342. The fourth-order valence-corrected chi connectivity index (χ4v) is 2.12. The summed E-state index contributed by atoms with van der Waals surface area (Å²) in [5.74, 6) is 0. The number of hydrogen-bond acceptors (Lipinski definition) is 5. The molecule has 1 atom stereocenters. The zero-order chi connectivity index (χ0) is 12.9. The summed E-state index contributed by atoms with van der Waals surface area (Å²) < 4.78 is 32.7. The van der Waals surface area contributed by atoms with Gasteiger partial charge in [-0.2, -0.15) is 8.42 Å². The molecule has 0 fully saturated rings. The van der Waals surface area contributed by atoms with Gasteiger partial charge >= 0.3 is 0 Å². The fraction of sp³-hybridized carbons (Fsp3) is 0.455. The van der Waals surface area contributed by atoms with E-state index in [1.807, 2.05) is 6.92 Å². The largest absolute Gasteiger partial charge is 0.388 e. The first-order chi connectivity index (χ1) is 7.95. The molecule has 17 heavy (non-hydrogen) atoms. The van der Waals surface area contributed by atoms with Gasteiger partial charge in [0.15, 0.2) is 0 Å². The average molecular weight is 260 g/mol. The van der Waals surface area contributed by atoms with Gasteiger partial charge in [-0.05, 0) is 19.1 Å². The Balaban J connectivity index is 2.66. The first kappa shape index (κ1) is 14.1. The lowest BCUT2D eigenvalue weighted by Crippen LogP contribution is -2.23. The maximum atomic E-state index is 11.7. The molecule has 0 saturated heterocycles. The highest BCUT2D eigenvalue weighted by Gasteiger charge is 2.17. The summed E-state index contributed by atoms with van der Waals surface area (Å²) in [7, 11) is -2.39. The van der Waals surface area contributed by atoms with Crippen molar-refractivity contribution >= 4 is 10.1 Å². The Labute approximate surface area is 101 Å². The molecular weight excluding hydrogens is 244 g/mol. The number of rotatable bonds is 6. The minimum atomic E-state index is -3.81. The molecule has 0 aromatic heterocycles. The van der Waals surface area contributed by atoms with E-state index >= 15 is 0 Å². The van der Waals surface area contributed by atoms with E-state index in [9.17, 15) is 13.5 Å². The molecule has 1 aromatic rings. The minimum Gasteiger partial charge on any atom is -0.388 e. The lowest BCUT2D eigenvalue weighted by atomic mass is 10.2. The van der Waals surface area contributed by atoms with Gasteiger partial charge in [0.2, 0.25) is 0 Å². The smallest absolute Gasteiger partial charge is 0.297 e. The molecule has 96 valence electrons. The molecule has 1 aromatic carbocycles. The number of methoxy groups -OCH3 is 1. The number of hydrogen-bond donors (Lipinski definition) is 1. The maximum absolute atomic E-state index is 11.7. The number of aryl methyl sites for hydroxylation is 1. The summed E-state index contributed by atoms with van der Waals surface area (Å²) in [4.78, 5) is 0.0766. The topological polar surface area (TPSA) is 72.8 Å². The molecule has 0 radical (unpaired) electrons. The van der Waals surface area contributed by atoms with Crippen molar-refractivity contribution < 1.29 is 22.4 Å². The van der Waals surface area contributed by atoms with Gasteiger partial charge in [-0.1, -0.05) is 17.7 Å². The highest BCUT2D eigenvalue weighted by molar-refractivity contribution is 7.86. The molecule has 1 rings (SSSR count). The van der Waals surface area contributed by atoms with Crippen LogP contribution in [0.5, 0.6) is 0 Å². The van der Waals surface area contributed by atoms with Gasteiger partial charge < -0.3 is 9.84 Å².